The van der Waals surface area contributed by atoms with E-state index >= 15 is 0 Å². The lowest BCUT2D eigenvalue weighted by molar-refractivity contribution is 0.0812. The summed E-state index contributed by atoms with van der Waals surface area (Å²) < 4.78 is 7.98. The SMILES string of the molecule is C=C(Nc1ccc(-c2ccc3n2CCC(OC)C3)cc1)C1CCCCC1. The number of nitrogens with one attached hydrogen (secondary N) is 1. The predicted molar refractivity (Wildman–Crippen MR) is 108 cm³/mol. The van der Waals surface area contributed by atoms with Crippen molar-refractivity contribution >= 4 is 5.69 Å². The molecule has 1 fully saturated rings. The van der Waals surface area contributed by atoms with Gasteiger partial charge in [0.15, 0.2) is 0 Å². The van der Waals surface area contributed by atoms with E-state index in [4.69, 9.17) is 4.74 Å². The fraction of sp³-hybridized carbons (Fsp3) is 0.478. The molecule has 1 atom stereocenters. The normalized spacial score (nSPS) is 20.6. The Hall–Kier alpha value is -2.00. The second kappa shape index (κ2) is 7.71. The van der Waals surface area contributed by atoms with Crippen LogP contribution >= 0.6 is 0 Å². The van der Waals surface area contributed by atoms with Gasteiger partial charge in [0, 0.05) is 42.8 Å². The van der Waals surface area contributed by atoms with E-state index in [0.717, 1.165) is 25.1 Å². The summed E-state index contributed by atoms with van der Waals surface area (Å²) in [6.07, 6.45) is 9.09. The second-order valence-electron chi connectivity index (χ2n) is 7.77. The predicted octanol–water partition coefficient (Wildman–Crippen LogP) is 5.62. The molecule has 3 heteroatoms. The van der Waals surface area contributed by atoms with Crippen LogP contribution in [0.15, 0.2) is 48.7 Å². The molecule has 0 spiro atoms. The Morgan fingerprint density at radius 1 is 1.04 bits per heavy atom. The summed E-state index contributed by atoms with van der Waals surface area (Å²) in [5.74, 6) is 0.634. The zero-order valence-electron chi connectivity index (χ0n) is 15.8. The summed E-state index contributed by atoms with van der Waals surface area (Å²) in [7, 11) is 1.82. The van der Waals surface area contributed by atoms with Gasteiger partial charge in [-0.1, -0.05) is 38.0 Å². The molecular formula is C23H30N2O. The van der Waals surface area contributed by atoms with Crippen LogP contribution in [0.3, 0.4) is 0 Å². The molecule has 1 aliphatic heterocycles. The molecule has 0 amide bonds. The summed E-state index contributed by atoms with van der Waals surface area (Å²) in [4.78, 5) is 0. The van der Waals surface area contributed by atoms with Gasteiger partial charge in [-0.15, -0.1) is 0 Å². The van der Waals surface area contributed by atoms with Crippen molar-refractivity contribution in [3.63, 3.8) is 0 Å². The first-order chi connectivity index (χ1) is 12.7. The number of fused-ring (bicyclic) bond motifs is 1. The maximum absolute atomic E-state index is 5.54. The molecule has 1 unspecified atom stereocenters. The van der Waals surface area contributed by atoms with Gasteiger partial charge < -0.3 is 14.6 Å². The lowest BCUT2D eigenvalue weighted by atomic mass is 9.87. The van der Waals surface area contributed by atoms with E-state index in [-0.39, 0.29) is 0 Å². The Bertz CT molecular complexity index is 753. The molecule has 4 rings (SSSR count). The van der Waals surface area contributed by atoms with E-state index in [1.165, 1.54) is 54.8 Å². The largest absolute Gasteiger partial charge is 0.381 e. The summed E-state index contributed by atoms with van der Waals surface area (Å²) in [6, 6.07) is 13.3. The third-order valence-corrected chi connectivity index (χ3v) is 6.10. The number of hydrogen-bond donors (Lipinski definition) is 1. The van der Waals surface area contributed by atoms with E-state index in [2.05, 4.69) is 52.9 Å². The minimum absolute atomic E-state index is 0.364. The Morgan fingerprint density at radius 3 is 2.54 bits per heavy atom. The van der Waals surface area contributed by atoms with Crippen LogP contribution in [0.2, 0.25) is 0 Å². The highest BCUT2D eigenvalue weighted by Gasteiger charge is 2.21. The fourth-order valence-electron chi connectivity index (χ4n) is 4.48. The van der Waals surface area contributed by atoms with E-state index in [9.17, 15) is 0 Å². The van der Waals surface area contributed by atoms with Gasteiger partial charge in [0.05, 0.1) is 6.10 Å². The summed E-state index contributed by atoms with van der Waals surface area (Å²) in [5, 5.41) is 3.54. The van der Waals surface area contributed by atoms with Crippen LogP contribution in [0.5, 0.6) is 0 Å². The molecular weight excluding hydrogens is 320 g/mol. The fourth-order valence-corrected chi connectivity index (χ4v) is 4.48. The van der Waals surface area contributed by atoms with Crippen LogP contribution in [0.4, 0.5) is 5.69 Å². The van der Waals surface area contributed by atoms with Gasteiger partial charge in [-0.3, -0.25) is 0 Å². The van der Waals surface area contributed by atoms with Crippen LogP contribution in [0.1, 0.15) is 44.2 Å². The van der Waals surface area contributed by atoms with E-state index in [1.54, 1.807) is 0 Å². The average molecular weight is 351 g/mol. The maximum atomic E-state index is 5.54. The Labute approximate surface area is 157 Å². The number of allylic oxidation sites excluding steroid dienone is 1. The zero-order valence-corrected chi connectivity index (χ0v) is 15.8. The van der Waals surface area contributed by atoms with Gasteiger partial charge in [0.2, 0.25) is 0 Å². The molecule has 3 nitrogen and oxygen atoms in total. The highest BCUT2D eigenvalue weighted by atomic mass is 16.5. The Morgan fingerprint density at radius 2 is 1.81 bits per heavy atom. The van der Waals surface area contributed by atoms with Crippen LogP contribution in [-0.4, -0.2) is 17.8 Å². The topological polar surface area (TPSA) is 26.2 Å². The van der Waals surface area contributed by atoms with E-state index < -0.39 is 0 Å². The molecule has 1 aromatic heterocycles. The van der Waals surface area contributed by atoms with Crippen LogP contribution in [0, 0.1) is 5.92 Å². The maximum Gasteiger partial charge on any atom is 0.0642 e. The first-order valence-corrected chi connectivity index (χ1v) is 10.0. The molecule has 1 aromatic carbocycles. The molecule has 1 saturated carbocycles. The van der Waals surface area contributed by atoms with Crippen molar-refractivity contribution in [2.75, 3.05) is 12.4 Å². The number of ether oxygens (including phenoxy) is 1. The molecule has 0 radical (unpaired) electrons. The average Bonchev–Trinajstić information content (AvgIpc) is 3.12. The highest BCUT2D eigenvalue weighted by molar-refractivity contribution is 5.65. The summed E-state index contributed by atoms with van der Waals surface area (Å²) in [6.45, 7) is 5.33. The van der Waals surface area contributed by atoms with Crippen molar-refractivity contribution in [2.24, 2.45) is 5.92 Å². The third-order valence-electron chi connectivity index (χ3n) is 6.10. The van der Waals surface area contributed by atoms with Gasteiger partial charge in [0.1, 0.15) is 0 Å². The Kier molecular flexibility index (Phi) is 5.16. The smallest absolute Gasteiger partial charge is 0.0642 e. The van der Waals surface area contributed by atoms with Crippen molar-refractivity contribution in [1.29, 1.82) is 0 Å². The summed E-state index contributed by atoms with van der Waals surface area (Å²) >= 11 is 0. The molecule has 0 saturated heterocycles. The van der Waals surface area contributed by atoms with Crippen molar-refractivity contribution in [2.45, 2.75) is 57.6 Å². The number of hydrogen-bond acceptors (Lipinski definition) is 2. The zero-order chi connectivity index (χ0) is 17.9. The van der Waals surface area contributed by atoms with Gasteiger partial charge in [-0.25, -0.2) is 0 Å². The highest BCUT2D eigenvalue weighted by Crippen LogP contribution is 2.31. The van der Waals surface area contributed by atoms with E-state index in [1.807, 2.05) is 7.11 Å². The number of methoxy groups -OCH3 is 1. The number of rotatable bonds is 5. The summed E-state index contributed by atoms with van der Waals surface area (Å²) in [5.41, 5.74) is 6.30. The minimum atomic E-state index is 0.364. The van der Waals surface area contributed by atoms with Gasteiger partial charge in [-0.2, -0.15) is 0 Å². The van der Waals surface area contributed by atoms with Crippen molar-refractivity contribution in [3.05, 3.63) is 54.4 Å². The Balaban J connectivity index is 1.45. The molecule has 26 heavy (non-hydrogen) atoms. The molecule has 0 bridgehead atoms. The van der Waals surface area contributed by atoms with Gasteiger partial charge >= 0.3 is 0 Å². The standard InChI is InChI=1S/C23H30N2O/c1-17(18-6-4-3-5-7-18)24-20-10-8-19(9-11-20)23-13-12-21-16-22(26-2)14-15-25(21)23/h8-13,18,22,24H,1,3-7,14-16H2,2H3. The number of nitrogens with zero attached hydrogens (tertiary/aromatic N) is 1. The lowest BCUT2D eigenvalue weighted by Gasteiger charge is -2.25. The van der Waals surface area contributed by atoms with Crippen LogP contribution in [0.25, 0.3) is 11.3 Å². The molecule has 1 aliphatic carbocycles. The lowest BCUT2D eigenvalue weighted by Crippen LogP contribution is -2.24. The van der Waals surface area contributed by atoms with E-state index in [0.29, 0.717) is 12.0 Å². The van der Waals surface area contributed by atoms with Crippen LogP contribution in [-0.2, 0) is 17.7 Å². The molecule has 2 heterocycles. The monoisotopic (exact) mass is 350 g/mol. The van der Waals surface area contributed by atoms with Crippen LogP contribution < -0.4 is 5.32 Å². The number of anilines is 1. The number of benzene rings is 1. The number of aromatic nitrogens is 1. The molecule has 2 aliphatic rings. The first kappa shape index (κ1) is 17.4. The van der Waals surface area contributed by atoms with Crippen molar-refractivity contribution in [1.82, 2.24) is 4.57 Å². The molecule has 138 valence electrons. The van der Waals surface area contributed by atoms with Gasteiger partial charge in [0.25, 0.3) is 0 Å². The molecule has 1 N–H and O–H groups in total. The first-order valence-electron chi connectivity index (χ1n) is 10.0. The minimum Gasteiger partial charge on any atom is -0.381 e. The third kappa shape index (κ3) is 3.59. The van der Waals surface area contributed by atoms with Gasteiger partial charge in [-0.05, 0) is 55.0 Å². The van der Waals surface area contributed by atoms with Crippen molar-refractivity contribution < 1.29 is 4.74 Å². The second-order valence-corrected chi connectivity index (χ2v) is 7.77. The molecule has 2 aromatic rings. The quantitative estimate of drug-likeness (QED) is 0.757. The van der Waals surface area contributed by atoms with Crippen molar-refractivity contribution in [3.8, 4) is 11.3 Å².